The average Bonchev–Trinajstić information content (AvgIpc) is 2.61. The van der Waals surface area contributed by atoms with Crippen LogP contribution >= 0.6 is 47.6 Å². The molecule has 150 valence electrons. The first-order valence-electron chi connectivity index (χ1n) is 7.32. The highest BCUT2D eigenvalue weighted by molar-refractivity contribution is 8.37. The third-order valence-corrected chi connectivity index (χ3v) is 7.20. The lowest BCUT2D eigenvalue weighted by Gasteiger charge is -2.03. The number of carbonyl (C=O) groups is 2. The summed E-state index contributed by atoms with van der Waals surface area (Å²) >= 11 is 3.60. The summed E-state index contributed by atoms with van der Waals surface area (Å²) in [6, 6.07) is 0. The second kappa shape index (κ2) is 19.6. The van der Waals surface area contributed by atoms with Crippen LogP contribution in [0.25, 0.3) is 0 Å². The predicted molar refractivity (Wildman–Crippen MR) is 113 cm³/mol. The van der Waals surface area contributed by atoms with Crippen LogP contribution in [-0.4, -0.2) is 62.5 Å². The summed E-state index contributed by atoms with van der Waals surface area (Å²) in [4.78, 5) is 23.0. The Balaban J connectivity index is 3.50. The van der Waals surface area contributed by atoms with Crippen molar-refractivity contribution in [2.45, 2.75) is 0 Å². The summed E-state index contributed by atoms with van der Waals surface area (Å²) in [7, 11) is -1.08. The van der Waals surface area contributed by atoms with Gasteiger partial charge in [0.05, 0.1) is 49.8 Å². The maximum Gasteiger partial charge on any atom is 0.272 e. The van der Waals surface area contributed by atoms with E-state index in [1.54, 1.807) is 0 Å². The Hall–Kier alpha value is -0.110. The molecule has 12 heteroatoms. The van der Waals surface area contributed by atoms with E-state index >= 15 is 0 Å². The molecule has 0 aromatic carbocycles. The van der Waals surface area contributed by atoms with Crippen molar-refractivity contribution in [1.29, 1.82) is 0 Å². The third-order valence-electron chi connectivity index (χ3n) is 2.12. The van der Waals surface area contributed by atoms with Gasteiger partial charge in [0.25, 0.3) is 8.89 Å². The smallest absolute Gasteiger partial charge is 0.272 e. The van der Waals surface area contributed by atoms with Gasteiger partial charge in [0.2, 0.25) is 0 Å². The summed E-state index contributed by atoms with van der Waals surface area (Å²) in [5, 5.41) is 0. The van der Waals surface area contributed by atoms with Crippen LogP contribution in [0.3, 0.4) is 0 Å². The van der Waals surface area contributed by atoms with Crippen LogP contribution in [-0.2, 0) is 28.6 Å². The van der Waals surface area contributed by atoms with Crippen LogP contribution < -0.4 is 0 Å². The lowest BCUT2D eigenvalue weighted by Crippen LogP contribution is -2.08. The molecule has 0 saturated heterocycles. The number of rotatable bonds is 16. The van der Waals surface area contributed by atoms with Crippen molar-refractivity contribution in [1.82, 2.24) is 0 Å². The largest absolute Gasteiger partial charge is 0.499 e. The van der Waals surface area contributed by atoms with Gasteiger partial charge in [0.1, 0.15) is 13.2 Å². The van der Waals surface area contributed by atoms with Gasteiger partial charge in [-0.1, -0.05) is 36.7 Å². The molecule has 0 aromatic rings. The lowest BCUT2D eigenvalue weighted by molar-refractivity contribution is 0.195. The van der Waals surface area contributed by atoms with Gasteiger partial charge >= 0.3 is 0 Å². The Morgan fingerprint density at radius 1 is 0.808 bits per heavy atom. The summed E-state index contributed by atoms with van der Waals surface area (Å²) in [6.45, 7) is 8.00. The average molecular weight is 463 g/mol. The highest BCUT2D eigenvalue weighted by atomic mass is 32.2. The molecule has 0 rings (SSSR count). The quantitative estimate of drug-likeness (QED) is 0.189. The number of thioether (sulfide) groups is 2. The van der Waals surface area contributed by atoms with Gasteiger partial charge in [-0.3, -0.25) is 13.8 Å². The summed E-state index contributed by atoms with van der Waals surface area (Å²) in [5.74, 6) is 1.64. The van der Waals surface area contributed by atoms with Gasteiger partial charge in [0.15, 0.2) is 0 Å². The van der Waals surface area contributed by atoms with Gasteiger partial charge < -0.3 is 17.8 Å². The van der Waals surface area contributed by atoms with E-state index in [1.807, 2.05) is 0 Å². The van der Waals surface area contributed by atoms with Crippen molar-refractivity contribution in [2.75, 3.05) is 49.4 Å². The van der Waals surface area contributed by atoms with Crippen molar-refractivity contribution >= 4 is 67.3 Å². The molecule has 0 unspecified atom stereocenters. The van der Waals surface area contributed by atoms with E-state index in [1.165, 1.54) is 12.5 Å². The molecule has 0 N–H and O–H groups in total. The molecule has 0 radical (unpaired) electrons. The maximum atomic E-state index is 11.8. The van der Waals surface area contributed by atoms with Gasteiger partial charge in [-0.15, -0.1) is 0 Å². The fraction of sp³-hybridized carbons (Fsp3) is 0.571. The molecular weight excluding hydrogens is 440 g/mol. The maximum absolute atomic E-state index is 11.8. The van der Waals surface area contributed by atoms with Crippen LogP contribution in [0.2, 0.25) is 0 Å². The first kappa shape index (κ1) is 25.9. The van der Waals surface area contributed by atoms with Crippen molar-refractivity contribution < 1.29 is 31.6 Å². The van der Waals surface area contributed by atoms with E-state index in [4.69, 9.17) is 17.8 Å². The van der Waals surface area contributed by atoms with Crippen molar-refractivity contribution in [3.8, 4) is 0 Å². The van der Waals surface area contributed by atoms with Crippen LogP contribution in [0.4, 0.5) is 9.59 Å². The molecule has 26 heavy (non-hydrogen) atoms. The Kier molecular flexibility index (Phi) is 19.6. The standard InChI is InChI=1S/C14H22O7S5/c1-3-18-5-7-20-24-13(15)22-9-11-26(17)12-10-23-14(16)25-21-8-6-19-4-2/h3-4H,1-2,5-12H2. The molecule has 0 amide bonds. The monoisotopic (exact) mass is 462 g/mol. The third kappa shape index (κ3) is 18.7. The molecule has 7 nitrogen and oxygen atoms in total. The number of hydrogen-bond acceptors (Lipinski definition) is 11. The Morgan fingerprint density at radius 3 is 1.62 bits per heavy atom. The second-order valence-corrected chi connectivity index (χ2v) is 9.83. The van der Waals surface area contributed by atoms with Gasteiger partial charge in [-0.2, -0.15) is 0 Å². The Morgan fingerprint density at radius 2 is 1.23 bits per heavy atom. The minimum atomic E-state index is -1.08. The van der Waals surface area contributed by atoms with Crippen LogP contribution in [0.5, 0.6) is 0 Å². The predicted octanol–water partition coefficient (Wildman–Crippen LogP) is 4.09. The molecule has 0 spiro atoms. The molecule has 0 bridgehead atoms. The van der Waals surface area contributed by atoms with E-state index in [0.29, 0.717) is 36.2 Å². The normalized spacial score (nSPS) is 10.5. The summed E-state index contributed by atoms with van der Waals surface area (Å²) in [5.41, 5.74) is 0. The lowest BCUT2D eigenvalue weighted by atomic mass is 10.8. The highest BCUT2D eigenvalue weighted by Gasteiger charge is 2.09. The second-order valence-electron chi connectivity index (χ2n) is 3.93. The zero-order valence-electron chi connectivity index (χ0n) is 14.1. The van der Waals surface area contributed by atoms with Gasteiger partial charge in [-0.25, -0.2) is 0 Å². The fourth-order valence-corrected chi connectivity index (χ4v) is 5.46. The number of carbonyl (C=O) groups excluding carboxylic acids is 2. The molecule has 0 heterocycles. The zero-order valence-corrected chi connectivity index (χ0v) is 18.2. The first-order valence-corrected chi connectivity index (χ1v) is 12.3. The van der Waals surface area contributed by atoms with E-state index in [-0.39, 0.29) is 22.1 Å². The van der Waals surface area contributed by atoms with Crippen molar-refractivity contribution in [3.05, 3.63) is 25.7 Å². The van der Waals surface area contributed by atoms with Crippen molar-refractivity contribution in [3.63, 3.8) is 0 Å². The van der Waals surface area contributed by atoms with Gasteiger partial charge in [0, 0.05) is 33.8 Å². The summed E-state index contributed by atoms with van der Waals surface area (Å²) < 4.78 is 31.2. The molecule has 0 aliphatic heterocycles. The Bertz CT molecular complexity index is 409. The fourth-order valence-electron chi connectivity index (χ4n) is 1.10. The SMILES string of the molecule is C=COCCOSC(=O)SCCS(=O)CCSC(=O)SOCCOC=C. The van der Waals surface area contributed by atoms with E-state index in [9.17, 15) is 13.8 Å². The topological polar surface area (TPSA) is 88.1 Å². The van der Waals surface area contributed by atoms with Crippen LogP contribution in [0, 0.1) is 0 Å². The van der Waals surface area contributed by atoms with Crippen LogP contribution in [0.1, 0.15) is 0 Å². The summed E-state index contributed by atoms with van der Waals surface area (Å²) in [6.07, 6.45) is 2.60. The molecule has 0 aliphatic rings. The van der Waals surface area contributed by atoms with E-state index in [2.05, 4.69) is 13.2 Å². The molecule has 0 aromatic heterocycles. The molecule has 0 aliphatic carbocycles. The van der Waals surface area contributed by atoms with Crippen LogP contribution in [0.15, 0.2) is 25.7 Å². The molecular formula is C14H22O7S5. The number of ether oxygens (including phenoxy) is 2. The van der Waals surface area contributed by atoms with E-state index in [0.717, 1.165) is 47.6 Å². The number of hydrogen-bond donors (Lipinski definition) is 0. The molecule has 0 saturated carbocycles. The van der Waals surface area contributed by atoms with E-state index < -0.39 is 10.8 Å². The van der Waals surface area contributed by atoms with Crippen molar-refractivity contribution in [2.24, 2.45) is 0 Å². The minimum absolute atomic E-state index is 0.195. The first-order chi connectivity index (χ1) is 12.6. The van der Waals surface area contributed by atoms with Gasteiger partial charge in [-0.05, 0) is 0 Å². The molecule has 0 atom stereocenters. The minimum Gasteiger partial charge on any atom is -0.499 e. The highest BCUT2D eigenvalue weighted by Crippen LogP contribution is 2.19. The zero-order chi connectivity index (χ0) is 19.5. The molecule has 0 fully saturated rings. The Labute approximate surface area is 173 Å².